The van der Waals surface area contributed by atoms with Gasteiger partial charge in [-0.3, -0.25) is 0 Å². The zero-order valence-electron chi connectivity index (χ0n) is 17.8. The summed E-state index contributed by atoms with van der Waals surface area (Å²) in [6.45, 7) is 1.37. The maximum absolute atomic E-state index is 11.1. The van der Waals surface area contributed by atoms with Gasteiger partial charge in [0.1, 0.15) is 5.75 Å². The van der Waals surface area contributed by atoms with E-state index in [0.717, 1.165) is 34.9 Å². The Balaban J connectivity index is 1.44. The lowest BCUT2D eigenvalue weighted by atomic mass is 9.65. The quantitative estimate of drug-likeness (QED) is 0.599. The Labute approximate surface area is 178 Å². The lowest BCUT2D eigenvalue weighted by Gasteiger charge is -2.42. The second-order valence-electron chi connectivity index (χ2n) is 9.52. The number of hydrogen-bond donors (Lipinski definition) is 3. The van der Waals surface area contributed by atoms with Crippen molar-refractivity contribution in [1.29, 1.82) is 0 Å². The molecule has 1 spiro atoms. The maximum Gasteiger partial charge on any atom is 0.405 e. The average molecular weight is 412 g/mol. The lowest BCUT2D eigenvalue weighted by molar-refractivity contribution is 0.0524. The molecule has 0 radical (unpaired) electrons. The number of aliphatic hydroxyl groups is 1. The fourth-order valence-corrected chi connectivity index (χ4v) is 5.40. The summed E-state index contributed by atoms with van der Waals surface area (Å²) < 4.78 is 6.34. The Morgan fingerprint density at radius 3 is 2.40 bits per heavy atom. The molecule has 5 heteroatoms. The number of carbonyl (C=O) groups is 1. The largest absolute Gasteiger partial charge is 0.490 e. The van der Waals surface area contributed by atoms with E-state index in [9.17, 15) is 9.90 Å². The first-order valence-corrected chi connectivity index (χ1v) is 11.2. The maximum atomic E-state index is 11.1. The van der Waals surface area contributed by atoms with E-state index in [-0.39, 0.29) is 6.61 Å². The van der Waals surface area contributed by atoms with Crippen LogP contribution in [-0.4, -0.2) is 29.0 Å². The van der Waals surface area contributed by atoms with Gasteiger partial charge in [0.2, 0.25) is 0 Å². The van der Waals surface area contributed by atoms with E-state index in [0.29, 0.717) is 11.5 Å². The van der Waals surface area contributed by atoms with Gasteiger partial charge in [0.25, 0.3) is 0 Å². The molecule has 0 unspecified atom stereocenters. The van der Waals surface area contributed by atoms with Crippen LogP contribution in [0.5, 0.6) is 5.75 Å². The van der Waals surface area contributed by atoms with Gasteiger partial charge >= 0.3 is 6.09 Å². The van der Waals surface area contributed by atoms with Crippen LogP contribution < -0.4 is 10.1 Å². The Kier molecular flexibility index (Phi) is 5.92. The van der Waals surface area contributed by atoms with Gasteiger partial charge < -0.3 is 20.3 Å². The van der Waals surface area contributed by atoms with E-state index in [1.165, 1.54) is 44.9 Å². The van der Waals surface area contributed by atoms with Gasteiger partial charge in [-0.05, 0) is 85.4 Å². The molecule has 162 valence electrons. The zero-order chi connectivity index (χ0) is 21.2. The molecule has 1 amide bonds. The molecule has 2 saturated carbocycles. The van der Waals surface area contributed by atoms with E-state index >= 15 is 0 Å². The predicted molar refractivity (Wildman–Crippen MR) is 118 cm³/mol. The second kappa shape index (κ2) is 8.46. The molecule has 5 nitrogen and oxygen atoms in total. The summed E-state index contributed by atoms with van der Waals surface area (Å²) in [6, 6.07) is 11.8. The fraction of sp³-hybridized carbons (Fsp3) is 0.560. The van der Waals surface area contributed by atoms with E-state index in [4.69, 9.17) is 9.84 Å². The van der Waals surface area contributed by atoms with Gasteiger partial charge in [-0.25, -0.2) is 4.79 Å². The van der Waals surface area contributed by atoms with Crippen molar-refractivity contribution in [2.24, 2.45) is 5.41 Å². The van der Waals surface area contributed by atoms with Crippen LogP contribution in [0.15, 0.2) is 36.4 Å². The van der Waals surface area contributed by atoms with E-state index in [1.807, 2.05) is 30.3 Å². The summed E-state index contributed by atoms with van der Waals surface area (Å²) in [7, 11) is 0. The molecule has 4 rings (SSSR count). The highest BCUT2D eigenvalue weighted by Gasteiger charge is 2.36. The molecule has 2 aliphatic carbocycles. The minimum Gasteiger partial charge on any atom is -0.490 e. The van der Waals surface area contributed by atoms with Gasteiger partial charge in [-0.15, -0.1) is 0 Å². The summed E-state index contributed by atoms with van der Waals surface area (Å²) in [4.78, 5) is 11.1. The number of ether oxygens (including phenoxy) is 1. The van der Waals surface area contributed by atoms with Crippen molar-refractivity contribution in [3.05, 3.63) is 42.0 Å². The van der Waals surface area contributed by atoms with Crippen molar-refractivity contribution in [3.8, 4) is 5.75 Å². The minimum atomic E-state index is -1.15. The van der Waals surface area contributed by atoms with Gasteiger partial charge in [-0.1, -0.05) is 37.5 Å². The molecule has 1 atom stereocenters. The van der Waals surface area contributed by atoms with Crippen molar-refractivity contribution < 1.29 is 19.7 Å². The average Bonchev–Trinajstić information content (AvgIpc) is 2.75. The molecule has 3 N–H and O–H groups in total. The molecule has 30 heavy (non-hydrogen) atoms. The predicted octanol–water partition coefficient (Wildman–Crippen LogP) is 5.59. The smallest absolute Gasteiger partial charge is 0.405 e. The van der Waals surface area contributed by atoms with Crippen molar-refractivity contribution in [2.75, 3.05) is 6.61 Å². The third-order valence-electron chi connectivity index (χ3n) is 7.36. The summed E-state index contributed by atoms with van der Waals surface area (Å²) in [5.41, 5.74) is 0.298. The normalized spacial score (nSPS) is 21.3. The summed E-state index contributed by atoms with van der Waals surface area (Å²) in [6.07, 6.45) is 11.0. The topological polar surface area (TPSA) is 78.8 Å². The molecule has 2 aliphatic rings. The van der Waals surface area contributed by atoms with Crippen LogP contribution in [0.4, 0.5) is 4.79 Å². The van der Waals surface area contributed by atoms with Gasteiger partial charge in [0, 0.05) is 0 Å². The number of hydrogen-bond acceptors (Lipinski definition) is 3. The highest BCUT2D eigenvalue weighted by atomic mass is 16.5. The van der Waals surface area contributed by atoms with Crippen molar-refractivity contribution in [2.45, 2.75) is 76.4 Å². The van der Waals surface area contributed by atoms with Crippen LogP contribution in [0.1, 0.15) is 70.3 Å². The molecular formula is C25H33NO4. The van der Waals surface area contributed by atoms with Crippen LogP contribution in [-0.2, 0) is 5.54 Å². The third-order valence-corrected chi connectivity index (χ3v) is 7.36. The van der Waals surface area contributed by atoms with E-state index < -0.39 is 11.6 Å². The van der Waals surface area contributed by atoms with Crippen LogP contribution in [0, 0.1) is 5.41 Å². The number of rotatable bonds is 5. The fourth-order valence-electron chi connectivity index (χ4n) is 5.40. The summed E-state index contributed by atoms with van der Waals surface area (Å²) >= 11 is 0. The second-order valence-corrected chi connectivity index (χ2v) is 9.52. The SMILES string of the molecule is C[C@@](CO)(NC(=O)O)c1ccc2cc(OC3CCC4(CCCCC4)CC3)ccc2c1. The molecule has 0 aromatic heterocycles. The highest BCUT2D eigenvalue weighted by molar-refractivity contribution is 5.85. The number of aliphatic hydroxyl groups excluding tert-OH is 1. The number of carboxylic acid groups (broad SMARTS) is 1. The van der Waals surface area contributed by atoms with Crippen LogP contribution in [0.25, 0.3) is 10.8 Å². The first-order chi connectivity index (χ1) is 14.4. The van der Waals surface area contributed by atoms with E-state index in [2.05, 4.69) is 11.4 Å². The number of nitrogens with one attached hydrogen (secondary N) is 1. The first-order valence-electron chi connectivity index (χ1n) is 11.2. The zero-order valence-corrected chi connectivity index (χ0v) is 17.8. The molecule has 0 heterocycles. The summed E-state index contributed by atoms with van der Waals surface area (Å²) in [5.74, 6) is 0.897. The number of fused-ring (bicyclic) bond motifs is 1. The van der Waals surface area contributed by atoms with E-state index in [1.54, 1.807) is 6.92 Å². The molecule has 2 fully saturated rings. The standard InChI is InChI=1S/C25H33NO4/c1-24(17-27,26-23(28)29)20-7-5-19-16-22(8-6-18(19)15-20)30-21-9-13-25(14-10-21)11-3-2-4-12-25/h5-8,15-16,21,26-27H,2-4,9-14,17H2,1H3,(H,28,29)/t24-/m0/s1. The third kappa shape index (κ3) is 4.41. The minimum absolute atomic E-state index is 0.298. The van der Waals surface area contributed by atoms with Crippen LogP contribution in [0.3, 0.4) is 0 Å². The van der Waals surface area contributed by atoms with Gasteiger partial charge in [0.05, 0.1) is 18.2 Å². The van der Waals surface area contributed by atoms with Crippen LogP contribution in [0.2, 0.25) is 0 Å². The molecular weight excluding hydrogens is 378 g/mol. The molecule has 2 aromatic rings. The Morgan fingerprint density at radius 1 is 1.07 bits per heavy atom. The Morgan fingerprint density at radius 2 is 1.73 bits per heavy atom. The van der Waals surface area contributed by atoms with Crippen molar-refractivity contribution in [3.63, 3.8) is 0 Å². The van der Waals surface area contributed by atoms with Gasteiger partial charge in [-0.2, -0.15) is 0 Å². The highest BCUT2D eigenvalue weighted by Crippen LogP contribution is 2.48. The lowest BCUT2D eigenvalue weighted by Crippen LogP contribution is -2.45. The van der Waals surface area contributed by atoms with Crippen molar-refractivity contribution >= 4 is 16.9 Å². The number of amides is 1. The molecule has 0 aliphatic heterocycles. The molecule has 0 bridgehead atoms. The van der Waals surface area contributed by atoms with Crippen LogP contribution >= 0.6 is 0 Å². The molecule has 2 aromatic carbocycles. The van der Waals surface area contributed by atoms with Gasteiger partial charge in [0.15, 0.2) is 0 Å². The summed E-state index contributed by atoms with van der Waals surface area (Å²) in [5, 5.41) is 23.3. The Bertz CT molecular complexity index is 895. The molecule has 0 saturated heterocycles. The Hall–Kier alpha value is -2.27. The monoisotopic (exact) mass is 411 g/mol. The first kappa shape index (κ1) is 21.0. The number of benzene rings is 2. The van der Waals surface area contributed by atoms with Crippen molar-refractivity contribution in [1.82, 2.24) is 5.32 Å².